The summed E-state index contributed by atoms with van der Waals surface area (Å²) < 4.78 is 2.19. The van der Waals surface area contributed by atoms with Crippen molar-refractivity contribution in [2.24, 2.45) is 14.1 Å². The Kier molecular flexibility index (Phi) is 2.94. The van der Waals surface area contributed by atoms with Gasteiger partial charge in [-0.15, -0.1) is 0 Å². The smallest absolute Gasteiger partial charge is 0.332 e. The van der Waals surface area contributed by atoms with E-state index in [1.807, 2.05) is 0 Å². The average molecular weight is 299 g/mol. The molecule has 0 atom stereocenters. The quantitative estimate of drug-likeness (QED) is 0.652. The molecule has 0 fully saturated rings. The molecule has 0 aliphatic rings. The first-order valence-electron chi connectivity index (χ1n) is 6.43. The first-order chi connectivity index (χ1) is 10.4. The second-order valence-electron chi connectivity index (χ2n) is 4.88. The van der Waals surface area contributed by atoms with Crippen LogP contribution in [0.5, 0.6) is 5.75 Å². The summed E-state index contributed by atoms with van der Waals surface area (Å²) in [6.45, 7) is 0. The lowest BCUT2D eigenvalue weighted by molar-refractivity contribution is 0.475. The van der Waals surface area contributed by atoms with Gasteiger partial charge in [-0.1, -0.05) is 0 Å². The molecule has 2 heterocycles. The van der Waals surface area contributed by atoms with Crippen molar-refractivity contribution < 1.29 is 5.11 Å². The van der Waals surface area contributed by atoms with Crippen LogP contribution in [0.2, 0.25) is 0 Å². The van der Waals surface area contributed by atoms with Crippen molar-refractivity contribution in [3.8, 4) is 17.0 Å². The summed E-state index contributed by atoms with van der Waals surface area (Å²) in [6, 6.07) is 6.21. The van der Waals surface area contributed by atoms with E-state index < -0.39 is 11.2 Å². The van der Waals surface area contributed by atoms with Crippen molar-refractivity contribution in [2.75, 3.05) is 5.73 Å². The minimum Gasteiger partial charge on any atom is -0.508 e. The molecule has 3 rings (SSSR count). The van der Waals surface area contributed by atoms with E-state index in [2.05, 4.69) is 9.97 Å². The molecule has 0 saturated carbocycles. The Hall–Kier alpha value is -3.16. The van der Waals surface area contributed by atoms with Crippen LogP contribution in [0.25, 0.3) is 22.4 Å². The third-order valence-corrected chi connectivity index (χ3v) is 3.44. The number of nitrogen functional groups attached to an aromatic ring is 1. The molecule has 2 aromatic heterocycles. The Balaban J connectivity index is 2.40. The summed E-state index contributed by atoms with van der Waals surface area (Å²) in [4.78, 5) is 32.5. The van der Waals surface area contributed by atoms with E-state index >= 15 is 0 Å². The summed E-state index contributed by atoms with van der Waals surface area (Å²) in [5.74, 6) is 0.204. The zero-order valence-corrected chi connectivity index (χ0v) is 11.9. The second kappa shape index (κ2) is 4.69. The Morgan fingerprint density at radius 1 is 1.05 bits per heavy atom. The lowest BCUT2D eigenvalue weighted by Gasteiger charge is -2.10. The summed E-state index contributed by atoms with van der Waals surface area (Å²) in [7, 11) is 2.88. The van der Waals surface area contributed by atoms with Gasteiger partial charge in [-0.3, -0.25) is 13.9 Å². The van der Waals surface area contributed by atoms with E-state index in [1.165, 1.54) is 30.8 Å². The molecule has 22 heavy (non-hydrogen) atoms. The lowest BCUT2D eigenvalue weighted by Crippen LogP contribution is -2.37. The fourth-order valence-corrected chi connectivity index (χ4v) is 2.21. The van der Waals surface area contributed by atoms with E-state index in [0.29, 0.717) is 11.3 Å². The number of rotatable bonds is 1. The molecule has 1 aromatic carbocycles. The van der Waals surface area contributed by atoms with Crippen LogP contribution in [0.4, 0.5) is 5.82 Å². The second-order valence-corrected chi connectivity index (χ2v) is 4.88. The Bertz CT molecular complexity index is 1000. The van der Waals surface area contributed by atoms with Crippen molar-refractivity contribution in [3.05, 3.63) is 45.1 Å². The number of fused-ring (bicyclic) bond motifs is 1. The van der Waals surface area contributed by atoms with Gasteiger partial charge >= 0.3 is 5.69 Å². The molecule has 3 N–H and O–H groups in total. The molecule has 0 aliphatic carbocycles. The number of aromatic hydroxyl groups is 1. The number of nitrogens with zero attached hydrogens (tertiary/aromatic N) is 4. The van der Waals surface area contributed by atoms with Crippen LogP contribution >= 0.6 is 0 Å². The third kappa shape index (κ3) is 1.93. The van der Waals surface area contributed by atoms with Crippen LogP contribution in [0.1, 0.15) is 0 Å². The molecular weight excluding hydrogens is 286 g/mol. The number of nitrogens with two attached hydrogens (primary N) is 1. The molecular formula is C14H13N5O3. The topological polar surface area (TPSA) is 116 Å². The van der Waals surface area contributed by atoms with Gasteiger partial charge in [0.05, 0.1) is 0 Å². The molecule has 0 saturated heterocycles. The highest BCUT2D eigenvalue weighted by Crippen LogP contribution is 2.25. The predicted octanol–water partition coefficient (Wildman–Crippen LogP) is -0.0180. The van der Waals surface area contributed by atoms with E-state index in [9.17, 15) is 14.7 Å². The minimum absolute atomic E-state index is 0.0573. The van der Waals surface area contributed by atoms with E-state index in [-0.39, 0.29) is 22.7 Å². The van der Waals surface area contributed by atoms with Crippen LogP contribution in [0.3, 0.4) is 0 Å². The number of hydrogen-bond donors (Lipinski definition) is 2. The van der Waals surface area contributed by atoms with Gasteiger partial charge in [-0.25, -0.2) is 14.8 Å². The van der Waals surface area contributed by atoms with Crippen molar-refractivity contribution in [1.29, 1.82) is 0 Å². The largest absolute Gasteiger partial charge is 0.508 e. The normalized spacial score (nSPS) is 11.0. The Morgan fingerprint density at radius 2 is 1.68 bits per heavy atom. The molecule has 0 radical (unpaired) electrons. The average Bonchev–Trinajstić information content (AvgIpc) is 2.51. The van der Waals surface area contributed by atoms with Gasteiger partial charge in [-0.2, -0.15) is 0 Å². The number of aromatic nitrogens is 4. The molecule has 0 spiro atoms. The van der Waals surface area contributed by atoms with Crippen LogP contribution < -0.4 is 17.0 Å². The van der Waals surface area contributed by atoms with Crippen LogP contribution in [0.15, 0.2) is 33.9 Å². The highest BCUT2D eigenvalue weighted by Gasteiger charge is 2.15. The van der Waals surface area contributed by atoms with Crippen molar-refractivity contribution in [2.45, 2.75) is 0 Å². The molecule has 0 bridgehead atoms. The fourth-order valence-electron chi connectivity index (χ4n) is 2.21. The molecule has 0 amide bonds. The number of phenolic OH excluding ortho intramolecular Hbond substituents is 1. The SMILES string of the molecule is Cn1c(=O)c2nc(-c3ccc(O)cc3)c(N)nc2n(C)c1=O. The van der Waals surface area contributed by atoms with Gasteiger partial charge < -0.3 is 10.8 Å². The first-order valence-corrected chi connectivity index (χ1v) is 6.43. The molecule has 8 nitrogen and oxygen atoms in total. The van der Waals surface area contributed by atoms with E-state index in [4.69, 9.17) is 5.73 Å². The zero-order valence-electron chi connectivity index (χ0n) is 11.9. The van der Waals surface area contributed by atoms with Gasteiger partial charge in [0, 0.05) is 19.7 Å². The summed E-state index contributed by atoms with van der Waals surface area (Å²) in [5, 5.41) is 9.33. The van der Waals surface area contributed by atoms with Gasteiger partial charge in [-0.05, 0) is 24.3 Å². The molecule has 0 aliphatic heterocycles. The number of anilines is 1. The summed E-state index contributed by atoms with van der Waals surface area (Å²) in [6.07, 6.45) is 0. The third-order valence-electron chi connectivity index (χ3n) is 3.44. The van der Waals surface area contributed by atoms with E-state index in [0.717, 1.165) is 4.57 Å². The molecule has 3 aromatic rings. The monoisotopic (exact) mass is 299 g/mol. The maximum Gasteiger partial charge on any atom is 0.332 e. The first kappa shape index (κ1) is 13.8. The Labute approximate surface area is 124 Å². The zero-order chi connectivity index (χ0) is 16.0. The van der Waals surface area contributed by atoms with Crippen molar-refractivity contribution in [3.63, 3.8) is 0 Å². The van der Waals surface area contributed by atoms with Gasteiger partial charge in [0.15, 0.2) is 17.0 Å². The molecule has 112 valence electrons. The van der Waals surface area contributed by atoms with E-state index in [1.54, 1.807) is 12.1 Å². The maximum atomic E-state index is 12.2. The number of benzene rings is 1. The minimum atomic E-state index is -0.536. The molecule has 0 unspecified atom stereocenters. The summed E-state index contributed by atoms with van der Waals surface area (Å²) in [5.41, 5.74) is 5.99. The van der Waals surface area contributed by atoms with Crippen LogP contribution in [-0.2, 0) is 14.1 Å². The highest BCUT2D eigenvalue weighted by molar-refractivity contribution is 5.79. The number of phenols is 1. The van der Waals surface area contributed by atoms with Crippen LogP contribution in [0, 0.1) is 0 Å². The standard InChI is InChI=1S/C14H13N5O3/c1-18-12-10(13(21)19(2)14(18)22)16-9(11(15)17-12)7-3-5-8(20)6-4-7/h3-6,20H,1-2H3,(H2,15,17). The fraction of sp³-hybridized carbons (Fsp3) is 0.143. The van der Waals surface area contributed by atoms with Gasteiger partial charge in [0.25, 0.3) is 5.56 Å². The van der Waals surface area contributed by atoms with Crippen LogP contribution in [-0.4, -0.2) is 24.2 Å². The maximum absolute atomic E-state index is 12.2. The molecule has 8 heteroatoms. The predicted molar refractivity (Wildman–Crippen MR) is 81.5 cm³/mol. The van der Waals surface area contributed by atoms with Gasteiger partial charge in [0.1, 0.15) is 11.4 Å². The number of hydrogen-bond acceptors (Lipinski definition) is 6. The number of aryl methyl sites for hydroxylation is 1. The summed E-state index contributed by atoms with van der Waals surface area (Å²) >= 11 is 0. The van der Waals surface area contributed by atoms with Crippen molar-refractivity contribution in [1.82, 2.24) is 19.1 Å². The van der Waals surface area contributed by atoms with Gasteiger partial charge in [0.2, 0.25) is 0 Å². The van der Waals surface area contributed by atoms with Crippen molar-refractivity contribution >= 4 is 17.0 Å². The highest BCUT2D eigenvalue weighted by atomic mass is 16.3. The lowest BCUT2D eigenvalue weighted by atomic mass is 10.1. The Morgan fingerprint density at radius 3 is 2.32 bits per heavy atom.